The van der Waals surface area contributed by atoms with Crippen molar-refractivity contribution in [1.29, 1.82) is 0 Å². The third-order valence-electron chi connectivity index (χ3n) is 4.31. The zero-order valence-corrected chi connectivity index (χ0v) is 14.3. The Morgan fingerprint density at radius 2 is 1.71 bits per heavy atom. The lowest BCUT2D eigenvalue weighted by Crippen LogP contribution is -2.51. The highest BCUT2D eigenvalue weighted by molar-refractivity contribution is 6.29. The van der Waals surface area contributed by atoms with E-state index in [9.17, 15) is 9.59 Å². The molecule has 0 radical (unpaired) electrons. The van der Waals surface area contributed by atoms with Crippen LogP contribution in [-0.2, 0) is 11.2 Å². The number of carbonyl (C=O) groups excluding carboxylic acids is 2. The topological polar surface area (TPSA) is 53.8 Å². The zero-order valence-electron chi connectivity index (χ0n) is 13.5. The van der Waals surface area contributed by atoms with E-state index >= 15 is 0 Å². The van der Waals surface area contributed by atoms with Crippen LogP contribution in [0.3, 0.4) is 0 Å². The number of benzene rings is 1. The molecule has 6 heteroatoms. The molecule has 1 fully saturated rings. The average molecular weight is 347 g/mol. The van der Waals surface area contributed by atoms with Gasteiger partial charge in [-0.05, 0) is 41.8 Å². The second-order valence-electron chi connectivity index (χ2n) is 5.88. The van der Waals surface area contributed by atoms with E-state index in [2.05, 4.69) is 0 Å². The molecule has 1 aliphatic rings. The van der Waals surface area contributed by atoms with E-state index in [1.54, 1.807) is 17.0 Å². The van der Waals surface area contributed by atoms with Crippen molar-refractivity contribution in [3.05, 3.63) is 58.5 Å². The summed E-state index contributed by atoms with van der Waals surface area (Å²) in [7, 11) is 0. The Morgan fingerprint density at radius 1 is 1.04 bits per heavy atom. The number of aryl methyl sites for hydroxylation is 1. The van der Waals surface area contributed by atoms with Crippen molar-refractivity contribution < 1.29 is 14.0 Å². The molecule has 0 unspecified atom stereocenters. The van der Waals surface area contributed by atoms with Gasteiger partial charge in [0.1, 0.15) is 0 Å². The maximum atomic E-state index is 12.5. The number of piperazine rings is 1. The molecule has 0 spiro atoms. The summed E-state index contributed by atoms with van der Waals surface area (Å²) >= 11 is 5.71. The van der Waals surface area contributed by atoms with E-state index < -0.39 is 0 Å². The lowest BCUT2D eigenvalue weighted by Gasteiger charge is -2.34. The summed E-state index contributed by atoms with van der Waals surface area (Å²) in [5.41, 5.74) is 2.17. The molecule has 2 amide bonds. The second-order valence-corrected chi connectivity index (χ2v) is 6.25. The van der Waals surface area contributed by atoms with Crippen LogP contribution in [0.2, 0.25) is 5.22 Å². The highest BCUT2D eigenvalue weighted by Crippen LogP contribution is 2.17. The van der Waals surface area contributed by atoms with Gasteiger partial charge in [-0.25, -0.2) is 0 Å². The lowest BCUT2D eigenvalue weighted by molar-refractivity contribution is -0.131. The Balaban J connectivity index is 1.56. The van der Waals surface area contributed by atoms with Crippen LogP contribution >= 0.6 is 11.6 Å². The predicted molar refractivity (Wildman–Crippen MR) is 91.1 cm³/mol. The van der Waals surface area contributed by atoms with Gasteiger partial charge in [-0.1, -0.05) is 24.3 Å². The van der Waals surface area contributed by atoms with Gasteiger partial charge in [0, 0.05) is 26.2 Å². The van der Waals surface area contributed by atoms with Crippen molar-refractivity contribution in [2.75, 3.05) is 26.2 Å². The molecular formula is C18H19ClN2O3. The van der Waals surface area contributed by atoms with Crippen LogP contribution in [0.5, 0.6) is 0 Å². The van der Waals surface area contributed by atoms with Crippen LogP contribution in [0.4, 0.5) is 0 Å². The third kappa shape index (κ3) is 3.62. The van der Waals surface area contributed by atoms with Crippen molar-refractivity contribution in [3.63, 3.8) is 0 Å². The van der Waals surface area contributed by atoms with Gasteiger partial charge in [-0.3, -0.25) is 9.59 Å². The van der Waals surface area contributed by atoms with E-state index in [0.717, 1.165) is 11.1 Å². The molecule has 2 aromatic rings. The van der Waals surface area contributed by atoms with Crippen LogP contribution in [0, 0.1) is 6.92 Å². The van der Waals surface area contributed by atoms with Crippen LogP contribution < -0.4 is 0 Å². The Hall–Kier alpha value is -2.27. The second kappa shape index (κ2) is 7.09. The van der Waals surface area contributed by atoms with E-state index in [-0.39, 0.29) is 22.8 Å². The summed E-state index contributed by atoms with van der Waals surface area (Å²) in [6.45, 7) is 4.07. The monoisotopic (exact) mass is 346 g/mol. The van der Waals surface area contributed by atoms with Gasteiger partial charge in [0.2, 0.25) is 5.91 Å². The zero-order chi connectivity index (χ0) is 17.1. The average Bonchev–Trinajstić information content (AvgIpc) is 3.03. The standard InChI is InChI=1S/C18H19ClN2O3/c1-13-4-2-3-5-14(13)12-17(22)20-8-10-21(11-9-20)18(23)15-6-7-16(19)24-15/h2-7H,8-12H2,1H3. The molecule has 5 nitrogen and oxygen atoms in total. The van der Waals surface area contributed by atoms with Gasteiger partial charge >= 0.3 is 0 Å². The minimum Gasteiger partial charge on any atom is -0.440 e. The van der Waals surface area contributed by atoms with Crippen molar-refractivity contribution in [2.24, 2.45) is 0 Å². The molecule has 0 atom stereocenters. The predicted octanol–water partition coefficient (Wildman–Crippen LogP) is 2.77. The molecule has 0 bridgehead atoms. The number of rotatable bonds is 3. The lowest BCUT2D eigenvalue weighted by atomic mass is 10.1. The first-order valence-electron chi connectivity index (χ1n) is 7.91. The summed E-state index contributed by atoms with van der Waals surface area (Å²) in [4.78, 5) is 28.2. The fourth-order valence-electron chi connectivity index (χ4n) is 2.83. The van der Waals surface area contributed by atoms with Crippen molar-refractivity contribution >= 4 is 23.4 Å². The highest BCUT2D eigenvalue weighted by Gasteiger charge is 2.26. The Morgan fingerprint density at radius 3 is 2.33 bits per heavy atom. The molecule has 2 heterocycles. The Kier molecular flexibility index (Phi) is 4.90. The van der Waals surface area contributed by atoms with E-state index in [1.807, 2.05) is 36.1 Å². The first kappa shape index (κ1) is 16.6. The molecule has 0 aliphatic carbocycles. The molecule has 126 valence electrons. The van der Waals surface area contributed by atoms with Crippen LogP contribution in [0.1, 0.15) is 21.7 Å². The Bertz CT molecular complexity index is 748. The van der Waals surface area contributed by atoms with Crippen molar-refractivity contribution in [1.82, 2.24) is 9.80 Å². The number of halogens is 1. The minimum atomic E-state index is -0.187. The molecule has 1 saturated heterocycles. The van der Waals surface area contributed by atoms with E-state index in [0.29, 0.717) is 32.6 Å². The molecule has 1 aliphatic heterocycles. The minimum absolute atomic E-state index is 0.0949. The first-order valence-corrected chi connectivity index (χ1v) is 8.29. The first-order chi connectivity index (χ1) is 11.5. The van der Waals surface area contributed by atoms with E-state index in [4.69, 9.17) is 16.0 Å². The summed E-state index contributed by atoms with van der Waals surface area (Å²) in [6.07, 6.45) is 0.397. The highest BCUT2D eigenvalue weighted by atomic mass is 35.5. The number of carbonyl (C=O) groups is 2. The summed E-state index contributed by atoms with van der Waals surface area (Å²) in [6, 6.07) is 11.0. The summed E-state index contributed by atoms with van der Waals surface area (Å²) < 4.78 is 5.16. The summed E-state index contributed by atoms with van der Waals surface area (Å²) in [5, 5.41) is 0.199. The van der Waals surface area contributed by atoms with Crippen LogP contribution in [0.15, 0.2) is 40.8 Å². The smallest absolute Gasteiger partial charge is 0.289 e. The van der Waals surface area contributed by atoms with Gasteiger partial charge in [-0.15, -0.1) is 0 Å². The number of nitrogens with zero attached hydrogens (tertiary/aromatic N) is 2. The fourth-order valence-corrected chi connectivity index (χ4v) is 2.97. The number of amides is 2. The number of hydrogen-bond acceptors (Lipinski definition) is 3. The van der Waals surface area contributed by atoms with Gasteiger partial charge in [-0.2, -0.15) is 0 Å². The van der Waals surface area contributed by atoms with Gasteiger partial charge < -0.3 is 14.2 Å². The molecule has 1 aromatic heterocycles. The Labute approximate surface area is 145 Å². The molecule has 1 aromatic carbocycles. The maximum Gasteiger partial charge on any atom is 0.289 e. The van der Waals surface area contributed by atoms with Crippen LogP contribution in [0.25, 0.3) is 0 Å². The molecule has 3 rings (SSSR count). The van der Waals surface area contributed by atoms with Gasteiger partial charge in [0.25, 0.3) is 5.91 Å². The third-order valence-corrected chi connectivity index (χ3v) is 4.51. The summed E-state index contributed by atoms with van der Waals surface area (Å²) in [5.74, 6) is 0.144. The van der Waals surface area contributed by atoms with Crippen molar-refractivity contribution in [2.45, 2.75) is 13.3 Å². The fraction of sp³-hybridized carbons (Fsp3) is 0.333. The molecular weight excluding hydrogens is 328 g/mol. The van der Waals surface area contributed by atoms with Crippen LogP contribution in [-0.4, -0.2) is 47.8 Å². The maximum absolute atomic E-state index is 12.5. The number of hydrogen-bond donors (Lipinski definition) is 0. The van der Waals surface area contributed by atoms with E-state index in [1.165, 1.54) is 0 Å². The van der Waals surface area contributed by atoms with Gasteiger partial charge in [0.15, 0.2) is 11.0 Å². The molecule has 0 saturated carbocycles. The number of furan rings is 1. The molecule has 24 heavy (non-hydrogen) atoms. The quantitative estimate of drug-likeness (QED) is 0.858. The SMILES string of the molecule is Cc1ccccc1CC(=O)N1CCN(C(=O)c2ccc(Cl)o2)CC1. The molecule has 0 N–H and O–H groups in total. The largest absolute Gasteiger partial charge is 0.440 e. The van der Waals surface area contributed by atoms with Crippen molar-refractivity contribution in [3.8, 4) is 0 Å². The normalized spacial score (nSPS) is 14.8. The van der Waals surface area contributed by atoms with Gasteiger partial charge in [0.05, 0.1) is 6.42 Å².